The fourth-order valence-electron chi connectivity index (χ4n) is 6.47. The number of carbonyl (C=O) groups excluding carboxylic acids is 2. The highest BCUT2D eigenvalue weighted by molar-refractivity contribution is 6.05. The number of Topliss-reactive ketones (excluding diaryl/α,β-unsaturated/α-hetero) is 1. The van der Waals surface area contributed by atoms with Crippen LogP contribution in [0.4, 0.5) is 0 Å². The van der Waals surface area contributed by atoms with Crippen molar-refractivity contribution in [3.05, 3.63) is 16.7 Å². The lowest BCUT2D eigenvalue weighted by Crippen LogP contribution is -2.51. The van der Waals surface area contributed by atoms with Crippen LogP contribution < -0.4 is 4.74 Å². The minimum Gasteiger partial charge on any atom is -0.507 e. The molecule has 0 radical (unpaired) electrons. The highest BCUT2D eigenvalue weighted by Gasteiger charge is 2.64. The van der Waals surface area contributed by atoms with Crippen LogP contribution in [0, 0.1) is 28.6 Å². The van der Waals surface area contributed by atoms with E-state index in [0.717, 1.165) is 19.3 Å². The van der Waals surface area contributed by atoms with Crippen molar-refractivity contribution in [2.75, 3.05) is 0 Å². The summed E-state index contributed by atoms with van der Waals surface area (Å²) in [5.41, 5.74) is 0.355. The molecule has 5 heteroatoms. The van der Waals surface area contributed by atoms with Crippen LogP contribution in [0.25, 0.3) is 0 Å². The van der Waals surface area contributed by atoms with Gasteiger partial charge < -0.3 is 14.9 Å². The standard InChI is InChI=1S/C24H32O5/c1-12(2)8-17(26)19-20(27)15-10-14-9-13-6-7-18(24(14,5)23(13,3)4)29-22(15)16(11-25)21(19)28/h11-14,18,27-28H,6-10H2,1-5H3/t13-,14+,18+,24+/m0/s1. The quantitative estimate of drug-likeness (QED) is 0.554. The van der Waals surface area contributed by atoms with E-state index in [1.165, 1.54) is 0 Å². The lowest BCUT2D eigenvalue weighted by molar-refractivity contribution is -0.0793. The predicted molar refractivity (Wildman–Crippen MR) is 110 cm³/mol. The van der Waals surface area contributed by atoms with Crippen LogP contribution in [-0.2, 0) is 6.42 Å². The summed E-state index contributed by atoms with van der Waals surface area (Å²) in [4.78, 5) is 24.7. The van der Waals surface area contributed by atoms with E-state index in [4.69, 9.17) is 4.74 Å². The van der Waals surface area contributed by atoms with Gasteiger partial charge in [0.1, 0.15) is 28.9 Å². The van der Waals surface area contributed by atoms with Crippen molar-refractivity contribution in [3.8, 4) is 17.2 Å². The molecule has 0 unspecified atom stereocenters. The van der Waals surface area contributed by atoms with Crippen LogP contribution in [0.15, 0.2) is 0 Å². The Morgan fingerprint density at radius 1 is 1.17 bits per heavy atom. The van der Waals surface area contributed by atoms with Gasteiger partial charge in [-0.25, -0.2) is 0 Å². The van der Waals surface area contributed by atoms with Gasteiger partial charge in [-0.05, 0) is 48.9 Å². The number of phenolic OH excluding ortho intramolecular Hbond substituents is 2. The third-order valence-corrected chi connectivity index (χ3v) is 8.51. The Hall–Kier alpha value is -2.04. The summed E-state index contributed by atoms with van der Waals surface area (Å²) in [6, 6.07) is 0. The zero-order chi connectivity index (χ0) is 21.3. The largest absolute Gasteiger partial charge is 0.507 e. The molecule has 0 spiro atoms. The molecule has 2 fully saturated rings. The molecule has 1 heterocycles. The number of ketones is 1. The van der Waals surface area contributed by atoms with Gasteiger partial charge in [0.2, 0.25) is 0 Å². The van der Waals surface area contributed by atoms with Gasteiger partial charge in [-0.2, -0.15) is 0 Å². The van der Waals surface area contributed by atoms with Gasteiger partial charge in [-0.3, -0.25) is 9.59 Å². The molecule has 0 amide bonds. The molecule has 0 aromatic heterocycles. The second-order valence-electron chi connectivity index (χ2n) is 10.5. The molecular formula is C24H32O5. The maximum Gasteiger partial charge on any atom is 0.170 e. The van der Waals surface area contributed by atoms with E-state index in [-0.39, 0.29) is 57.7 Å². The highest BCUT2D eigenvalue weighted by Crippen LogP contribution is 2.68. The maximum atomic E-state index is 12.8. The van der Waals surface area contributed by atoms with E-state index in [2.05, 4.69) is 20.8 Å². The van der Waals surface area contributed by atoms with Crippen molar-refractivity contribution >= 4 is 12.1 Å². The van der Waals surface area contributed by atoms with Crippen molar-refractivity contribution in [1.82, 2.24) is 0 Å². The molecule has 5 nitrogen and oxygen atoms in total. The van der Waals surface area contributed by atoms with E-state index in [0.29, 0.717) is 30.1 Å². The lowest BCUT2D eigenvalue weighted by Gasteiger charge is -2.51. The normalized spacial score (nSPS) is 31.7. The third kappa shape index (κ3) is 2.58. The van der Waals surface area contributed by atoms with E-state index >= 15 is 0 Å². The second-order valence-corrected chi connectivity index (χ2v) is 10.5. The van der Waals surface area contributed by atoms with Gasteiger partial charge in [-0.1, -0.05) is 34.6 Å². The number of benzene rings is 1. The third-order valence-electron chi connectivity index (χ3n) is 8.51. The first-order chi connectivity index (χ1) is 13.5. The average molecular weight is 401 g/mol. The number of hydrogen-bond acceptors (Lipinski definition) is 5. The van der Waals surface area contributed by atoms with Crippen molar-refractivity contribution < 1.29 is 24.5 Å². The Morgan fingerprint density at radius 2 is 1.86 bits per heavy atom. The van der Waals surface area contributed by atoms with E-state index < -0.39 is 5.75 Å². The zero-order valence-corrected chi connectivity index (χ0v) is 18.0. The zero-order valence-electron chi connectivity index (χ0n) is 18.0. The fraction of sp³-hybridized carbons (Fsp3) is 0.667. The van der Waals surface area contributed by atoms with Crippen molar-refractivity contribution in [1.29, 1.82) is 0 Å². The summed E-state index contributed by atoms with van der Waals surface area (Å²) in [5, 5.41) is 21.8. The molecule has 0 saturated heterocycles. The maximum absolute atomic E-state index is 12.8. The first-order valence-electron chi connectivity index (χ1n) is 10.8. The first kappa shape index (κ1) is 20.2. The van der Waals surface area contributed by atoms with Crippen molar-refractivity contribution in [3.63, 3.8) is 0 Å². The van der Waals surface area contributed by atoms with Crippen LogP contribution in [0.1, 0.15) is 86.6 Å². The smallest absolute Gasteiger partial charge is 0.170 e. The van der Waals surface area contributed by atoms with Gasteiger partial charge in [0.25, 0.3) is 0 Å². The summed E-state index contributed by atoms with van der Waals surface area (Å²) in [6.07, 6.45) is 4.24. The minimum atomic E-state index is -0.452. The molecule has 2 aliphatic carbocycles. The number of hydrogen-bond donors (Lipinski definition) is 2. The summed E-state index contributed by atoms with van der Waals surface area (Å²) in [7, 11) is 0. The second kappa shape index (κ2) is 6.48. The number of aromatic hydroxyl groups is 2. The summed E-state index contributed by atoms with van der Waals surface area (Å²) >= 11 is 0. The average Bonchev–Trinajstić information content (AvgIpc) is 2.75. The highest BCUT2D eigenvalue weighted by atomic mass is 16.5. The number of rotatable bonds is 4. The number of fused-ring (bicyclic) bond motifs is 2. The monoisotopic (exact) mass is 400 g/mol. The van der Waals surface area contributed by atoms with E-state index in [1.807, 2.05) is 13.8 Å². The lowest BCUT2D eigenvalue weighted by atomic mass is 9.55. The first-order valence-corrected chi connectivity index (χ1v) is 10.8. The van der Waals surface area contributed by atoms with Gasteiger partial charge >= 0.3 is 0 Å². The molecule has 4 rings (SSSR count). The molecule has 2 N–H and O–H groups in total. The summed E-state index contributed by atoms with van der Waals surface area (Å²) in [5.74, 6) is 0.230. The van der Waals surface area contributed by atoms with Crippen LogP contribution in [0.2, 0.25) is 0 Å². The number of phenols is 2. The molecule has 2 saturated carbocycles. The van der Waals surface area contributed by atoms with Crippen molar-refractivity contribution in [2.45, 2.75) is 72.8 Å². The molecule has 2 bridgehead atoms. The van der Waals surface area contributed by atoms with Gasteiger partial charge in [0.15, 0.2) is 12.1 Å². The molecular weight excluding hydrogens is 368 g/mol. The van der Waals surface area contributed by atoms with Gasteiger partial charge in [0.05, 0.1) is 5.56 Å². The Bertz CT molecular complexity index is 884. The fourth-order valence-corrected chi connectivity index (χ4v) is 6.47. The van der Waals surface area contributed by atoms with E-state index in [1.54, 1.807) is 0 Å². The Kier molecular flexibility index (Phi) is 4.52. The summed E-state index contributed by atoms with van der Waals surface area (Å²) in [6.45, 7) is 10.7. The van der Waals surface area contributed by atoms with Crippen LogP contribution in [-0.4, -0.2) is 28.4 Å². The topological polar surface area (TPSA) is 83.8 Å². The predicted octanol–water partition coefficient (Wildman–Crippen LogP) is 4.91. The number of carbonyl (C=O) groups is 2. The van der Waals surface area contributed by atoms with Gasteiger partial charge in [-0.15, -0.1) is 0 Å². The van der Waals surface area contributed by atoms with Crippen LogP contribution >= 0.6 is 0 Å². The molecule has 1 aromatic rings. The number of ether oxygens (including phenoxy) is 1. The Labute approximate surface area is 172 Å². The Balaban J connectivity index is 1.90. The van der Waals surface area contributed by atoms with Crippen molar-refractivity contribution in [2.24, 2.45) is 28.6 Å². The Morgan fingerprint density at radius 3 is 2.48 bits per heavy atom. The van der Waals surface area contributed by atoms with Gasteiger partial charge in [0, 0.05) is 17.4 Å². The molecule has 4 atom stereocenters. The SMILES string of the molecule is CC(C)CC(=O)c1c(O)c(C=O)c2c(c1O)C[C@H]1C[C@@H]3CC[C@@H](O2)[C@]1(C)C3(C)C. The molecule has 1 aliphatic heterocycles. The van der Waals surface area contributed by atoms with E-state index in [9.17, 15) is 19.8 Å². The molecule has 158 valence electrons. The van der Waals surface area contributed by atoms with Crippen LogP contribution in [0.5, 0.6) is 17.2 Å². The minimum absolute atomic E-state index is 0.00610. The molecule has 3 aliphatic rings. The summed E-state index contributed by atoms with van der Waals surface area (Å²) < 4.78 is 6.43. The molecule has 29 heavy (non-hydrogen) atoms. The van der Waals surface area contributed by atoms with Crippen LogP contribution in [0.3, 0.4) is 0 Å². The number of aldehydes is 1. The molecule has 1 aromatic carbocycles.